The minimum Gasteiger partial charge on any atom is -0.497 e. The van der Waals surface area contributed by atoms with Crippen molar-refractivity contribution in [1.29, 1.82) is 0 Å². The molecule has 1 unspecified atom stereocenters. The van der Waals surface area contributed by atoms with Crippen LogP contribution < -0.4 is 20.7 Å². The molecule has 1 aliphatic carbocycles. The van der Waals surface area contributed by atoms with Gasteiger partial charge in [0, 0.05) is 18.8 Å². The Morgan fingerprint density at radius 1 is 1.19 bits per heavy atom. The van der Waals surface area contributed by atoms with Gasteiger partial charge in [-0.1, -0.05) is 31.4 Å². The molecule has 0 radical (unpaired) electrons. The maximum atomic E-state index is 12.9. The Kier molecular flexibility index (Phi) is 9.24. The van der Waals surface area contributed by atoms with E-state index in [-0.39, 0.29) is 29.9 Å². The lowest BCUT2D eigenvalue weighted by atomic mass is 9.91. The molecule has 1 aliphatic heterocycles. The second kappa shape index (κ2) is 11.9. The summed E-state index contributed by atoms with van der Waals surface area (Å²) >= 11 is 1.45. The molecule has 3 rings (SSSR count). The van der Waals surface area contributed by atoms with Gasteiger partial charge in [0.2, 0.25) is 11.8 Å². The highest BCUT2D eigenvalue weighted by Gasteiger charge is 2.32. The van der Waals surface area contributed by atoms with Crippen molar-refractivity contribution in [2.45, 2.75) is 50.1 Å². The lowest BCUT2D eigenvalue weighted by Crippen LogP contribution is -2.53. The summed E-state index contributed by atoms with van der Waals surface area (Å²) in [6.45, 7) is 0.936. The van der Waals surface area contributed by atoms with Crippen molar-refractivity contribution >= 4 is 33.4 Å². The summed E-state index contributed by atoms with van der Waals surface area (Å²) in [4.78, 5) is 25.5. The zero-order valence-corrected chi connectivity index (χ0v) is 20.1. The van der Waals surface area contributed by atoms with Gasteiger partial charge in [0.15, 0.2) is 9.84 Å². The van der Waals surface area contributed by atoms with Gasteiger partial charge in [0.05, 0.1) is 18.6 Å². The summed E-state index contributed by atoms with van der Waals surface area (Å²) in [6, 6.07) is 6.10. The lowest BCUT2D eigenvalue weighted by Gasteiger charge is -2.24. The van der Waals surface area contributed by atoms with Crippen molar-refractivity contribution in [3.8, 4) is 5.75 Å². The molecule has 10 heteroatoms. The highest BCUT2D eigenvalue weighted by molar-refractivity contribution is 8.00. The first kappa shape index (κ1) is 24.9. The summed E-state index contributed by atoms with van der Waals surface area (Å²) < 4.78 is 30.9. The van der Waals surface area contributed by atoms with E-state index in [1.165, 1.54) is 11.8 Å². The number of ether oxygens (including phenoxy) is 1. The van der Waals surface area contributed by atoms with Crippen LogP contribution in [0.4, 0.5) is 0 Å². The smallest absolute Gasteiger partial charge is 0.248 e. The first-order valence-corrected chi connectivity index (χ1v) is 14.0. The van der Waals surface area contributed by atoms with E-state index in [1.807, 2.05) is 12.1 Å². The minimum atomic E-state index is -3.51. The Labute approximate surface area is 194 Å². The molecule has 1 aromatic rings. The lowest BCUT2D eigenvalue weighted by molar-refractivity contribution is -0.128. The van der Waals surface area contributed by atoms with Crippen molar-refractivity contribution < 1.29 is 22.7 Å². The van der Waals surface area contributed by atoms with Gasteiger partial charge in [-0.3, -0.25) is 14.9 Å². The molecular weight excluding hydrogens is 450 g/mol. The van der Waals surface area contributed by atoms with E-state index in [4.69, 9.17) is 4.74 Å². The summed E-state index contributed by atoms with van der Waals surface area (Å²) in [5.41, 5.74) is 0.849. The van der Waals surface area contributed by atoms with Crippen LogP contribution in [0.5, 0.6) is 5.75 Å². The molecule has 2 aliphatic rings. The molecule has 3 N–H and O–H groups in total. The zero-order chi connectivity index (χ0) is 23.0. The van der Waals surface area contributed by atoms with Crippen LogP contribution in [-0.2, 0) is 26.0 Å². The van der Waals surface area contributed by atoms with E-state index in [0.717, 1.165) is 43.4 Å². The summed E-state index contributed by atoms with van der Waals surface area (Å²) in [5.74, 6) is 0.476. The number of nitrogens with one attached hydrogen (secondary N) is 3. The Morgan fingerprint density at radius 2 is 1.91 bits per heavy atom. The monoisotopic (exact) mass is 483 g/mol. The van der Waals surface area contributed by atoms with Gasteiger partial charge in [0.1, 0.15) is 17.2 Å². The fourth-order valence-corrected chi connectivity index (χ4v) is 6.97. The molecule has 2 fully saturated rings. The maximum absolute atomic E-state index is 12.9. The number of amides is 2. The number of benzene rings is 1. The SMILES string of the molecule is COc1ccc(CNC(=O)[C@H](CS(=O)(=O)CC2CCCCC2)NC(=O)C2NCCS2)cc1. The van der Waals surface area contributed by atoms with Crippen molar-refractivity contribution in [3.05, 3.63) is 29.8 Å². The van der Waals surface area contributed by atoms with Crippen LogP contribution in [0.2, 0.25) is 0 Å². The van der Waals surface area contributed by atoms with Gasteiger partial charge < -0.3 is 15.4 Å². The first-order valence-electron chi connectivity index (χ1n) is 11.1. The Morgan fingerprint density at radius 3 is 2.53 bits per heavy atom. The van der Waals surface area contributed by atoms with Crippen LogP contribution in [0.15, 0.2) is 24.3 Å². The van der Waals surface area contributed by atoms with E-state index >= 15 is 0 Å². The summed E-state index contributed by atoms with van der Waals surface area (Å²) in [7, 11) is -1.93. The van der Waals surface area contributed by atoms with Gasteiger partial charge in [0.25, 0.3) is 0 Å². The second-order valence-corrected chi connectivity index (χ2v) is 11.8. The number of carbonyl (C=O) groups is 2. The molecule has 1 heterocycles. The molecule has 1 saturated carbocycles. The van der Waals surface area contributed by atoms with E-state index in [0.29, 0.717) is 12.3 Å². The third kappa shape index (κ3) is 7.67. The zero-order valence-electron chi connectivity index (χ0n) is 18.5. The number of hydrogen-bond acceptors (Lipinski definition) is 7. The number of sulfone groups is 1. The molecular formula is C22H33N3O5S2. The summed E-state index contributed by atoms with van der Waals surface area (Å²) in [6.07, 6.45) is 5.06. The Hall–Kier alpha value is -1.78. The normalized spacial score (nSPS) is 20.5. The number of thioether (sulfide) groups is 1. The number of carbonyl (C=O) groups excluding carboxylic acids is 2. The largest absolute Gasteiger partial charge is 0.497 e. The predicted octanol–water partition coefficient (Wildman–Crippen LogP) is 1.45. The second-order valence-electron chi connectivity index (χ2n) is 8.41. The Bertz CT molecular complexity index is 864. The molecule has 1 aromatic carbocycles. The standard InChI is InChI=1S/C22H33N3O5S2/c1-30-18-9-7-16(8-10-18)13-24-20(26)19(25-21(27)22-23-11-12-31-22)15-32(28,29)14-17-5-3-2-4-6-17/h7-10,17,19,22-23H,2-6,11-15H2,1H3,(H,24,26)(H,25,27)/t19-,22?/m0/s1. The fraction of sp³-hybridized carbons (Fsp3) is 0.636. The van der Waals surface area contributed by atoms with Gasteiger partial charge in [-0.05, 0) is 36.5 Å². The third-order valence-electron chi connectivity index (χ3n) is 5.85. The van der Waals surface area contributed by atoms with Crippen LogP contribution in [0, 0.1) is 5.92 Å². The maximum Gasteiger partial charge on any atom is 0.248 e. The van der Waals surface area contributed by atoms with E-state index in [1.54, 1.807) is 19.2 Å². The molecule has 0 aromatic heterocycles. The van der Waals surface area contributed by atoms with Gasteiger partial charge in [-0.2, -0.15) is 0 Å². The van der Waals surface area contributed by atoms with Gasteiger partial charge in [-0.25, -0.2) is 8.42 Å². The quantitative estimate of drug-likeness (QED) is 0.462. The molecule has 8 nitrogen and oxygen atoms in total. The number of methoxy groups -OCH3 is 1. The van der Waals surface area contributed by atoms with Gasteiger partial charge >= 0.3 is 0 Å². The van der Waals surface area contributed by atoms with E-state index in [9.17, 15) is 18.0 Å². The molecule has 2 amide bonds. The van der Waals surface area contributed by atoms with Crippen molar-refractivity contribution in [1.82, 2.24) is 16.0 Å². The molecule has 0 bridgehead atoms. The van der Waals surface area contributed by atoms with Crippen molar-refractivity contribution in [2.24, 2.45) is 5.92 Å². The van der Waals surface area contributed by atoms with E-state index < -0.39 is 27.2 Å². The summed E-state index contributed by atoms with van der Waals surface area (Å²) in [5, 5.41) is 8.04. The molecule has 1 saturated heterocycles. The third-order valence-corrected chi connectivity index (χ3v) is 8.82. The van der Waals surface area contributed by atoms with Crippen molar-refractivity contribution in [2.75, 3.05) is 30.9 Å². The molecule has 178 valence electrons. The Balaban J connectivity index is 1.63. The van der Waals surface area contributed by atoms with Crippen LogP contribution in [0.25, 0.3) is 0 Å². The van der Waals surface area contributed by atoms with E-state index in [2.05, 4.69) is 16.0 Å². The molecule has 0 spiro atoms. The topological polar surface area (TPSA) is 114 Å². The van der Waals surface area contributed by atoms with Crippen molar-refractivity contribution in [3.63, 3.8) is 0 Å². The fourth-order valence-electron chi connectivity index (χ4n) is 4.12. The van der Waals surface area contributed by atoms with Gasteiger partial charge in [-0.15, -0.1) is 11.8 Å². The number of rotatable bonds is 10. The molecule has 2 atom stereocenters. The number of hydrogen-bond donors (Lipinski definition) is 3. The average Bonchev–Trinajstić information content (AvgIpc) is 3.33. The van der Waals surface area contributed by atoms with Crippen LogP contribution in [-0.4, -0.2) is 62.6 Å². The highest BCUT2D eigenvalue weighted by Crippen LogP contribution is 2.25. The highest BCUT2D eigenvalue weighted by atomic mass is 32.2. The van der Waals surface area contributed by atoms with Crippen LogP contribution in [0.3, 0.4) is 0 Å². The first-order chi connectivity index (χ1) is 15.4. The van der Waals surface area contributed by atoms with Crippen LogP contribution >= 0.6 is 11.8 Å². The predicted molar refractivity (Wildman–Crippen MR) is 126 cm³/mol. The average molecular weight is 484 g/mol. The molecule has 32 heavy (non-hydrogen) atoms. The minimum absolute atomic E-state index is 0.0710. The van der Waals surface area contributed by atoms with Crippen LogP contribution in [0.1, 0.15) is 37.7 Å².